The SMILES string of the molecule is CC(C)c1ccc(NC(=O)CNc2cccc(C#N)c2)cc1. The fourth-order valence-corrected chi connectivity index (χ4v) is 2.04. The first-order valence-electron chi connectivity index (χ1n) is 7.22. The van der Waals surface area contributed by atoms with Crippen LogP contribution in [0.4, 0.5) is 11.4 Å². The molecule has 0 spiro atoms. The van der Waals surface area contributed by atoms with E-state index in [4.69, 9.17) is 5.26 Å². The summed E-state index contributed by atoms with van der Waals surface area (Å²) in [5, 5.41) is 14.7. The van der Waals surface area contributed by atoms with Gasteiger partial charge in [-0.15, -0.1) is 0 Å². The zero-order chi connectivity index (χ0) is 15.9. The Bertz CT molecular complexity index is 684. The second-order valence-electron chi connectivity index (χ2n) is 5.37. The number of hydrogen-bond acceptors (Lipinski definition) is 3. The third-order valence-corrected chi connectivity index (χ3v) is 3.31. The van der Waals surface area contributed by atoms with E-state index in [0.29, 0.717) is 11.5 Å². The van der Waals surface area contributed by atoms with E-state index in [1.807, 2.05) is 30.3 Å². The highest BCUT2D eigenvalue weighted by Crippen LogP contribution is 2.17. The lowest BCUT2D eigenvalue weighted by Gasteiger charge is -2.10. The van der Waals surface area contributed by atoms with Crippen LogP contribution in [0.3, 0.4) is 0 Å². The minimum atomic E-state index is -0.125. The maximum absolute atomic E-state index is 11.9. The van der Waals surface area contributed by atoms with Crippen molar-refractivity contribution in [2.24, 2.45) is 0 Å². The van der Waals surface area contributed by atoms with E-state index in [9.17, 15) is 4.79 Å². The van der Waals surface area contributed by atoms with E-state index in [-0.39, 0.29) is 12.5 Å². The van der Waals surface area contributed by atoms with Gasteiger partial charge in [0.25, 0.3) is 0 Å². The van der Waals surface area contributed by atoms with Crippen LogP contribution in [0, 0.1) is 11.3 Å². The van der Waals surface area contributed by atoms with Crippen LogP contribution in [0.25, 0.3) is 0 Å². The molecule has 0 aliphatic heterocycles. The molecule has 2 rings (SSSR count). The molecule has 0 aromatic heterocycles. The number of carbonyl (C=O) groups excluding carboxylic acids is 1. The number of anilines is 2. The first kappa shape index (κ1) is 15.6. The van der Waals surface area contributed by atoms with Gasteiger partial charge in [0.1, 0.15) is 0 Å². The molecule has 0 heterocycles. The van der Waals surface area contributed by atoms with Crippen LogP contribution < -0.4 is 10.6 Å². The van der Waals surface area contributed by atoms with Crippen molar-refractivity contribution in [1.82, 2.24) is 0 Å². The molecule has 1 amide bonds. The van der Waals surface area contributed by atoms with Gasteiger partial charge < -0.3 is 10.6 Å². The molecule has 2 N–H and O–H groups in total. The number of benzene rings is 2. The Labute approximate surface area is 130 Å². The van der Waals surface area contributed by atoms with E-state index >= 15 is 0 Å². The van der Waals surface area contributed by atoms with E-state index in [0.717, 1.165) is 11.4 Å². The van der Waals surface area contributed by atoms with Crippen LogP contribution in [0.15, 0.2) is 48.5 Å². The summed E-state index contributed by atoms with van der Waals surface area (Å²) >= 11 is 0. The molecule has 2 aromatic carbocycles. The monoisotopic (exact) mass is 293 g/mol. The quantitative estimate of drug-likeness (QED) is 0.882. The van der Waals surface area contributed by atoms with Crippen molar-refractivity contribution in [2.45, 2.75) is 19.8 Å². The second kappa shape index (κ2) is 7.28. The highest BCUT2D eigenvalue weighted by atomic mass is 16.1. The summed E-state index contributed by atoms with van der Waals surface area (Å²) < 4.78 is 0. The van der Waals surface area contributed by atoms with Gasteiger partial charge >= 0.3 is 0 Å². The van der Waals surface area contributed by atoms with Crippen molar-refractivity contribution < 1.29 is 4.79 Å². The van der Waals surface area contributed by atoms with Crippen molar-refractivity contribution in [3.05, 3.63) is 59.7 Å². The number of rotatable bonds is 5. The average molecular weight is 293 g/mol. The summed E-state index contributed by atoms with van der Waals surface area (Å²) in [6.45, 7) is 4.42. The zero-order valence-electron chi connectivity index (χ0n) is 12.8. The van der Waals surface area contributed by atoms with E-state index < -0.39 is 0 Å². The summed E-state index contributed by atoms with van der Waals surface area (Å²) in [4.78, 5) is 11.9. The Kier molecular flexibility index (Phi) is 5.16. The summed E-state index contributed by atoms with van der Waals surface area (Å²) in [5.41, 5.74) is 3.34. The molecule has 22 heavy (non-hydrogen) atoms. The van der Waals surface area contributed by atoms with Crippen molar-refractivity contribution in [1.29, 1.82) is 5.26 Å². The molecule has 0 saturated carbocycles. The van der Waals surface area contributed by atoms with E-state index in [1.165, 1.54) is 5.56 Å². The third kappa shape index (κ3) is 4.35. The topological polar surface area (TPSA) is 64.9 Å². The van der Waals surface area contributed by atoms with Gasteiger partial charge in [-0.05, 0) is 41.8 Å². The molecule has 0 aliphatic rings. The van der Waals surface area contributed by atoms with Gasteiger partial charge in [0, 0.05) is 11.4 Å². The molecule has 0 atom stereocenters. The van der Waals surface area contributed by atoms with Gasteiger partial charge in [0.2, 0.25) is 5.91 Å². The van der Waals surface area contributed by atoms with Gasteiger partial charge in [-0.1, -0.05) is 32.0 Å². The van der Waals surface area contributed by atoms with Crippen LogP contribution in [0.5, 0.6) is 0 Å². The molecular formula is C18H19N3O. The molecule has 0 aliphatic carbocycles. The number of nitrogens with one attached hydrogen (secondary N) is 2. The first-order valence-corrected chi connectivity index (χ1v) is 7.22. The molecule has 2 aromatic rings. The van der Waals surface area contributed by atoms with E-state index in [2.05, 4.69) is 30.6 Å². The van der Waals surface area contributed by atoms with Gasteiger partial charge in [-0.2, -0.15) is 5.26 Å². The van der Waals surface area contributed by atoms with Crippen molar-refractivity contribution in [3.63, 3.8) is 0 Å². The fourth-order valence-electron chi connectivity index (χ4n) is 2.04. The van der Waals surface area contributed by atoms with Gasteiger partial charge in [0.05, 0.1) is 18.2 Å². The largest absolute Gasteiger partial charge is 0.376 e. The molecule has 0 saturated heterocycles. The minimum absolute atomic E-state index is 0.125. The minimum Gasteiger partial charge on any atom is -0.376 e. The van der Waals surface area contributed by atoms with Crippen molar-refractivity contribution in [2.75, 3.05) is 17.2 Å². The maximum atomic E-state index is 11.9. The van der Waals surface area contributed by atoms with E-state index in [1.54, 1.807) is 18.2 Å². The van der Waals surface area contributed by atoms with Crippen LogP contribution in [-0.4, -0.2) is 12.5 Å². The standard InChI is InChI=1S/C18H19N3O/c1-13(2)15-6-8-16(9-7-15)21-18(22)12-20-17-5-3-4-14(10-17)11-19/h3-10,13,20H,12H2,1-2H3,(H,21,22). The third-order valence-electron chi connectivity index (χ3n) is 3.31. The van der Waals surface area contributed by atoms with Gasteiger partial charge in [-0.3, -0.25) is 4.79 Å². The highest BCUT2D eigenvalue weighted by molar-refractivity contribution is 5.93. The van der Waals surface area contributed by atoms with Gasteiger partial charge in [0.15, 0.2) is 0 Å². The average Bonchev–Trinajstić information content (AvgIpc) is 2.53. The van der Waals surface area contributed by atoms with Crippen LogP contribution in [-0.2, 0) is 4.79 Å². The predicted octanol–water partition coefficient (Wildman–Crippen LogP) is 3.73. The van der Waals surface area contributed by atoms with Crippen molar-refractivity contribution >= 4 is 17.3 Å². The lowest BCUT2D eigenvalue weighted by atomic mass is 10.0. The summed E-state index contributed by atoms with van der Waals surface area (Å²) in [6.07, 6.45) is 0. The fraction of sp³-hybridized carbons (Fsp3) is 0.222. The number of hydrogen-bond donors (Lipinski definition) is 2. The molecule has 0 bridgehead atoms. The molecular weight excluding hydrogens is 274 g/mol. The first-order chi connectivity index (χ1) is 10.6. The lowest BCUT2D eigenvalue weighted by molar-refractivity contribution is -0.114. The molecule has 0 radical (unpaired) electrons. The Morgan fingerprint density at radius 2 is 1.86 bits per heavy atom. The Balaban J connectivity index is 1.88. The lowest BCUT2D eigenvalue weighted by Crippen LogP contribution is -2.21. The summed E-state index contributed by atoms with van der Waals surface area (Å²) in [5.74, 6) is 0.346. The number of nitrogens with zero attached hydrogens (tertiary/aromatic N) is 1. The summed E-state index contributed by atoms with van der Waals surface area (Å²) in [7, 11) is 0. The number of nitriles is 1. The molecule has 0 unspecified atom stereocenters. The normalized spacial score (nSPS) is 10.1. The van der Waals surface area contributed by atoms with Crippen LogP contribution in [0.2, 0.25) is 0 Å². The van der Waals surface area contributed by atoms with Crippen molar-refractivity contribution in [3.8, 4) is 6.07 Å². The van der Waals surface area contributed by atoms with Crippen LogP contribution in [0.1, 0.15) is 30.9 Å². The predicted molar refractivity (Wildman–Crippen MR) is 88.8 cm³/mol. The van der Waals surface area contributed by atoms with Gasteiger partial charge in [-0.25, -0.2) is 0 Å². The second-order valence-corrected chi connectivity index (χ2v) is 5.37. The Hall–Kier alpha value is -2.80. The molecule has 4 nitrogen and oxygen atoms in total. The highest BCUT2D eigenvalue weighted by Gasteiger charge is 2.04. The molecule has 4 heteroatoms. The smallest absolute Gasteiger partial charge is 0.243 e. The Morgan fingerprint density at radius 1 is 1.14 bits per heavy atom. The summed E-state index contributed by atoms with van der Waals surface area (Å²) in [6, 6.07) is 17.0. The number of amides is 1. The zero-order valence-corrected chi connectivity index (χ0v) is 12.8. The molecule has 0 fully saturated rings. The maximum Gasteiger partial charge on any atom is 0.243 e. The van der Waals surface area contributed by atoms with Crippen LogP contribution >= 0.6 is 0 Å². The number of carbonyl (C=O) groups is 1. The Morgan fingerprint density at radius 3 is 2.50 bits per heavy atom. The molecule has 112 valence electrons.